The van der Waals surface area contributed by atoms with Gasteiger partial charge in [-0.3, -0.25) is 0 Å². The molecule has 1 aliphatic heterocycles. The van der Waals surface area contributed by atoms with Crippen molar-refractivity contribution >= 4 is 0 Å². The first-order valence-corrected chi connectivity index (χ1v) is 6.87. The van der Waals surface area contributed by atoms with E-state index in [-0.39, 0.29) is 0 Å². The molecule has 0 spiro atoms. The zero-order valence-electron chi connectivity index (χ0n) is 10.4. The number of hydrogen-bond donors (Lipinski definition) is 0. The predicted octanol–water partition coefficient (Wildman–Crippen LogP) is 3.88. The van der Waals surface area contributed by atoms with E-state index in [1.807, 2.05) is 0 Å². The monoisotopic (exact) mass is 210 g/mol. The van der Waals surface area contributed by atoms with Gasteiger partial charge in [-0.05, 0) is 49.4 Å². The van der Waals surface area contributed by atoms with E-state index in [4.69, 9.17) is 4.74 Å². The Morgan fingerprint density at radius 3 is 2.60 bits per heavy atom. The third-order valence-electron chi connectivity index (χ3n) is 4.84. The van der Waals surface area contributed by atoms with Crippen molar-refractivity contribution in [2.24, 2.45) is 23.7 Å². The zero-order chi connectivity index (χ0) is 10.7. The fourth-order valence-corrected chi connectivity index (χ4v) is 3.76. The molecule has 1 heteroatoms. The standard InChI is InChI=1S/C14H26O/c1-11-5-3-7-14(11)12(2)13-6-4-9-15-10-8-13/h11-14H,3-10H2,1-2H3/t11-,12+,13?,14?/m1/s1. The maximum atomic E-state index is 5.56. The van der Waals surface area contributed by atoms with Crippen LogP contribution in [0.5, 0.6) is 0 Å². The van der Waals surface area contributed by atoms with Crippen molar-refractivity contribution in [1.82, 2.24) is 0 Å². The zero-order valence-corrected chi connectivity index (χ0v) is 10.4. The van der Waals surface area contributed by atoms with E-state index in [9.17, 15) is 0 Å². The van der Waals surface area contributed by atoms with Crippen molar-refractivity contribution in [3.63, 3.8) is 0 Å². The maximum absolute atomic E-state index is 5.56. The molecule has 1 nitrogen and oxygen atoms in total. The van der Waals surface area contributed by atoms with Crippen LogP contribution in [0.1, 0.15) is 52.4 Å². The number of hydrogen-bond acceptors (Lipinski definition) is 1. The molecule has 0 amide bonds. The summed E-state index contributed by atoms with van der Waals surface area (Å²) in [6, 6.07) is 0. The van der Waals surface area contributed by atoms with Crippen molar-refractivity contribution in [3.8, 4) is 0 Å². The van der Waals surface area contributed by atoms with Gasteiger partial charge >= 0.3 is 0 Å². The van der Waals surface area contributed by atoms with Crippen LogP contribution in [-0.2, 0) is 4.74 Å². The van der Waals surface area contributed by atoms with E-state index in [1.165, 1.54) is 38.5 Å². The van der Waals surface area contributed by atoms with Crippen LogP contribution in [0, 0.1) is 23.7 Å². The Kier molecular flexibility index (Phi) is 4.07. The summed E-state index contributed by atoms with van der Waals surface area (Å²) in [6.45, 7) is 6.98. The van der Waals surface area contributed by atoms with Crippen molar-refractivity contribution in [3.05, 3.63) is 0 Å². The van der Waals surface area contributed by atoms with E-state index in [1.54, 1.807) is 0 Å². The van der Waals surface area contributed by atoms with Gasteiger partial charge in [-0.2, -0.15) is 0 Å². The van der Waals surface area contributed by atoms with Gasteiger partial charge in [0.2, 0.25) is 0 Å². The third kappa shape index (κ3) is 2.75. The Hall–Kier alpha value is -0.0400. The third-order valence-corrected chi connectivity index (χ3v) is 4.84. The van der Waals surface area contributed by atoms with Crippen molar-refractivity contribution in [2.75, 3.05) is 13.2 Å². The number of ether oxygens (including phenoxy) is 1. The first kappa shape index (κ1) is 11.4. The maximum Gasteiger partial charge on any atom is 0.0468 e. The van der Waals surface area contributed by atoms with Crippen molar-refractivity contribution in [1.29, 1.82) is 0 Å². The molecule has 2 aliphatic rings. The minimum atomic E-state index is 0.934. The van der Waals surface area contributed by atoms with Gasteiger partial charge in [-0.15, -0.1) is 0 Å². The van der Waals surface area contributed by atoms with Gasteiger partial charge < -0.3 is 4.74 Å². The highest BCUT2D eigenvalue weighted by Crippen LogP contribution is 2.41. The SMILES string of the molecule is C[C@@H](C1CCCOCC1)C1CCC[C@H]1C. The van der Waals surface area contributed by atoms with Crippen LogP contribution in [0.15, 0.2) is 0 Å². The fraction of sp³-hybridized carbons (Fsp3) is 1.00. The Morgan fingerprint density at radius 1 is 1.00 bits per heavy atom. The normalized spacial score (nSPS) is 40.0. The van der Waals surface area contributed by atoms with Gasteiger partial charge in [0, 0.05) is 13.2 Å². The van der Waals surface area contributed by atoms with Crippen LogP contribution < -0.4 is 0 Å². The van der Waals surface area contributed by atoms with Gasteiger partial charge in [0.15, 0.2) is 0 Å². The van der Waals surface area contributed by atoms with E-state index in [0.29, 0.717) is 0 Å². The summed E-state index contributed by atoms with van der Waals surface area (Å²) < 4.78 is 5.56. The average molecular weight is 210 g/mol. The highest BCUT2D eigenvalue weighted by atomic mass is 16.5. The van der Waals surface area contributed by atoms with E-state index in [2.05, 4.69) is 13.8 Å². The molecule has 0 aromatic carbocycles. The second kappa shape index (κ2) is 5.34. The Morgan fingerprint density at radius 2 is 1.87 bits per heavy atom. The summed E-state index contributed by atoms with van der Waals surface area (Å²) in [4.78, 5) is 0. The average Bonchev–Trinajstić information content (AvgIpc) is 2.53. The van der Waals surface area contributed by atoms with Gasteiger partial charge in [0.25, 0.3) is 0 Å². The van der Waals surface area contributed by atoms with Crippen LogP contribution in [0.2, 0.25) is 0 Å². The summed E-state index contributed by atoms with van der Waals surface area (Å²) in [7, 11) is 0. The summed E-state index contributed by atoms with van der Waals surface area (Å²) in [5.41, 5.74) is 0. The summed E-state index contributed by atoms with van der Waals surface area (Å²) in [5, 5.41) is 0. The summed E-state index contributed by atoms with van der Waals surface area (Å²) in [5.74, 6) is 3.86. The molecule has 2 rings (SSSR count). The Labute approximate surface area is 94.6 Å². The molecule has 2 unspecified atom stereocenters. The van der Waals surface area contributed by atoms with Gasteiger partial charge in [-0.25, -0.2) is 0 Å². The van der Waals surface area contributed by atoms with E-state index in [0.717, 1.165) is 36.9 Å². The molecule has 4 atom stereocenters. The molecule has 88 valence electrons. The van der Waals surface area contributed by atoms with Crippen LogP contribution in [0.3, 0.4) is 0 Å². The summed E-state index contributed by atoms with van der Waals surface area (Å²) >= 11 is 0. The van der Waals surface area contributed by atoms with Crippen LogP contribution in [0.25, 0.3) is 0 Å². The van der Waals surface area contributed by atoms with Crippen LogP contribution in [0.4, 0.5) is 0 Å². The molecule has 1 saturated heterocycles. The van der Waals surface area contributed by atoms with Gasteiger partial charge in [0.1, 0.15) is 0 Å². The molecule has 0 radical (unpaired) electrons. The largest absolute Gasteiger partial charge is 0.381 e. The lowest BCUT2D eigenvalue weighted by molar-refractivity contribution is 0.131. The minimum absolute atomic E-state index is 0.934. The lowest BCUT2D eigenvalue weighted by Crippen LogP contribution is -2.23. The van der Waals surface area contributed by atoms with Crippen molar-refractivity contribution in [2.45, 2.75) is 52.4 Å². The fourth-order valence-electron chi connectivity index (χ4n) is 3.76. The van der Waals surface area contributed by atoms with Crippen LogP contribution in [-0.4, -0.2) is 13.2 Å². The molecule has 0 aromatic heterocycles. The second-order valence-corrected chi connectivity index (χ2v) is 5.73. The highest BCUT2D eigenvalue weighted by molar-refractivity contribution is 4.82. The minimum Gasteiger partial charge on any atom is -0.381 e. The second-order valence-electron chi connectivity index (χ2n) is 5.73. The lowest BCUT2D eigenvalue weighted by atomic mass is 9.75. The first-order chi connectivity index (χ1) is 7.29. The predicted molar refractivity (Wildman–Crippen MR) is 63.8 cm³/mol. The molecule has 2 fully saturated rings. The lowest BCUT2D eigenvalue weighted by Gasteiger charge is -2.30. The van der Waals surface area contributed by atoms with E-state index < -0.39 is 0 Å². The molecule has 1 saturated carbocycles. The Bertz CT molecular complexity index is 182. The quantitative estimate of drug-likeness (QED) is 0.672. The molecular weight excluding hydrogens is 184 g/mol. The van der Waals surface area contributed by atoms with Crippen LogP contribution >= 0.6 is 0 Å². The first-order valence-electron chi connectivity index (χ1n) is 6.87. The molecule has 1 heterocycles. The van der Waals surface area contributed by atoms with Gasteiger partial charge in [-0.1, -0.05) is 26.7 Å². The van der Waals surface area contributed by atoms with Crippen molar-refractivity contribution < 1.29 is 4.74 Å². The molecular formula is C14H26O. The molecule has 0 aromatic rings. The highest BCUT2D eigenvalue weighted by Gasteiger charge is 2.32. The molecule has 0 N–H and O–H groups in total. The molecule has 1 aliphatic carbocycles. The number of rotatable bonds is 2. The Balaban J connectivity index is 1.90. The molecule has 15 heavy (non-hydrogen) atoms. The topological polar surface area (TPSA) is 9.23 Å². The van der Waals surface area contributed by atoms with E-state index >= 15 is 0 Å². The smallest absolute Gasteiger partial charge is 0.0468 e. The molecule has 0 bridgehead atoms. The summed E-state index contributed by atoms with van der Waals surface area (Å²) in [6.07, 6.45) is 8.43. The van der Waals surface area contributed by atoms with Gasteiger partial charge in [0.05, 0.1) is 0 Å².